The van der Waals surface area contributed by atoms with Gasteiger partial charge in [-0.3, -0.25) is 0 Å². The zero-order valence-electron chi connectivity index (χ0n) is 27.1. The van der Waals surface area contributed by atoms with Crippen LogP contribution in [0.1, 0.15) is 207 Å². The molecule has 0 amide bonds. The van der Waals surface area contributed by atoms with Gasteiger partial charge in [0.2, 0.25) is 0 Å². The van der Waals surface area contributed by atoms with Gasteiger partial charge in [0.1, 0.15) is 0 Å². The summed E-state index contributed by atoms with van der Waals surface area (Å²) in [4.78, 5) is 0. The molecule has 0 heterocycles. The second kappa shape index (κ2) is 31.0. The number of rotatable bonds is 32. The van der Waals surface area contributed by atoms with Gasteiger partial charge in [0, 0.05) is 0 Å². The van der Waals surface area contributed by atoms with Crippen molar-refractivity contribution in [1.29, 1.82) is 0 Å². The molecule has 226 valence electrons. The molecule has 0 aliphatic rings. The first-order chi connectivity index (χ1) is 18.2. The summed E-state index contributed by atoms with van der Waals surface area (Å²) in [6, 6.07) is 0. The summed E-state index contributed by atoms with van der Waals surface area (Å²) >= 11 is 0. The predicted molar refractivity (Wildman–Crippen MR) is 180 cm³/mol. The molecule has 0 unspecified atom stereocenters. The Hall–Kier alpha value is 0.430. The van der Waals surface area contributed by atoms with E-state index in [9.17, 15) is 0 Å². The monoisotopic (exact) mass is 541 g/mol. The molecule has 0 radical (unpaired) electrons. The van der Waals surface area contributed by atoms with Gasteiger partial charge in [-0.15, -0.1) is 0 Å². The molecule has 0 aromatic rings. The Balaban J connectivity index is 4.13. The predicted octanol–water partition coefficient (Wildman–Crippen LogP) is 13.7. The normalized spacial score (nSPS) is 12.4. The van der Waals surface area contributed by atoms with Crippen LogP contribution >= 0.6 is 7.26 Å². The second-order valence-corrected chi connectivity index (χ2v) is 18.0. The minimum absolute atomic E-state index is 1.05. The van der Waals surface area contributed by atoms with Crippen molar-refractivity contribution in [3.8, 4) is 0 Å². The van der Waals surface area contributed by atoms with Crippen molar-refractivity contribution >= 4 is 7.26 Å². The molecule has 0 saturated heterocycles. The average molecular weight is 541 g/mol. The van der Waals surface area contributed by atoms with E-state index in [-0.39, 0.29) is 0 Å². The van der Waals surface area contributed by atoms with Crippen LogP contribution in [0.25, 0.3) is 0 Å². The molecular weight excluding hydrogens is 463 g/mol. The van der Waals surface area contributed by atoms with Gasteiger partial charge in [0.15, 0.2) is 0 Å². The molecule has 0 saturated carbocycles. The summed E-state index contributed by atoms with van der Waals surface area (Å²) in [6.07, 6.45) is 48.3. The second-order valence-electron chi connectivity index (χ2n) is 13.0. The Morgan fingerprint density at radius 2 is 0.378 bits per heavy atom. The summed E-state index contributed by atoms with van der Waals surface area (Å²) in [5.41, 5.74) is 0. The zero-order chi connectivity index (χ0) is 27.1. The first-order valence-electron chi connectivity index (χ1n) is 18.2. The van der Waals surface area contributed by atoms with Gasteiger partial charge in [-0.05, 0) is 0 Å². The van der Waals surface area contributed by atoms with Crippen molar-refractivity contribution in [3.05, 3.63) is 0 Å². The summed E-state index contributed by atoms with van der Waals surface area (Å²) < 4.78 is 0. The SMILES string of the molecule is CCCCCCCCCCCCCCCCCC[PH](CCCCCC)(CCCCCC)CCCCCC. The van der Waals surface area contributed by atoms with Crippen molar-refractivity contribution in [3.63, 3.8) is 0 Å². The van der Waals surface area contributed by atoms with Crippen LogP contribution in [0.5, 0.6) is 0 Å². The zero-order valence-corrected chi connectivity index (χ0v) is 28.1. The maximum absolute atomic E-state index is 2.37. The number of hydrogen-bond acceptors (Lipinski definition) is 0. The van der Waals surface area contributed by atoms with Crippen LogP contribution in [-0.2, 0) is 0 Å². The quantitative estimate of drug-likeness (QED) is 0.0588. The maximum atomic E-state index is 2.37. The van der Waals surface area contributed by atoms with E-state index in [0.717, 1.165) is 0 Å². The molecule has 1 heteroatoms. The van der Waals surface area contributed by atoms with Gasteiger partial charge in [-0.25, -0.2) is 0 Å². The molecule has 0 rings (SSSR count). The molecule has 0 atom stereocenters. The Labute approximate surface area is 239 Å². The summed E-state index contributed by atoms with van der Waals surface area (Å²) in [5, 5.41) is 0. The third-order valence-electron chi connectivity index (χ3n) is 9.24. The molecular formula is C36H77P. The van der Waals surface area contributed by atoms with Gasteiger partial charge in [-0.2, -0.15) is 0 Å². The number of hydrogen-bond donors (Lipinski definition) is 0. The van der Waals surface area contributed by atoms with Crippen LogP contribution in [0, 0.1) is 0 Å². The first kappa shape index (κ1) is 37.4. The van der Waals surface area contributed by atoms with Crippen LogP contribution in [0.4, 0.5) is 0 Å². The van der Waals surface area contributed by atoms with E-state index < -0.39 is 7.26 Å². The van der Waals surface area contributed by atoms with Crippen LogP contribution < -0.4 is 0 Å². The minimum atomic E-state index is -1.05. The Bertz CT molecular complexity index is 372. The van der Waals surface area contributed by atoms with Crippen molar-refractivity contribution in [1.82, 2.24) is 0 Å². The third-order valence-corrected chi connectivity index (χ3v) is 14.9. The molecule has 0 fully saturated rings. The summed E-state index contributed by atoms with van der Waals surface area (Å²) in [5.74, 6) is 0. The Morgan fingerprint density at radius 3 is 0.595 bits per heavy atom. The fraction of sp³-hybridized carbons (Fsp3) is 1.00. The van der Waals surface area contributed by atoms with Crippen molar-refractivity contribution in [2.75, 3.05) is 24.6 Å². The first-order valence-corrected chi connectivity index (χ1v) is 21.1. The van der Waals surface area contributed by atoms with Crippen molar-refractivity contribution < 1.29 is 0 Å². The Kier molecular flexibility index (Phi) is 31.3. The molecule has 0 nitrogen and oxygen atoms in total. The molecule has 37 heavy (non-hydrogen) atoms. The van der Waals surface area contributed by atoms with Crippen LogP contribution in [0.2, 0.25) is 0 Å². The van der Waals surface area contributed by atoms with E-state index in [1.807, 2.05) is 0 Å². The molecule has 0 N–H and O–H groups in total. The van der Waals surface area contributed by atoms with Crippen molar-refractivity contribution in [2.24, 2.45) is 0 Å². The van der Waals surface area contributed by atoms with Gasteiger partial charge >= 0.3 is 200 Å². The van der Waals surface area contributed by atoms with Crippen LogP contribution in [-0.4, -0.2) is 24.6 Å². The van der Waals surface area contributed by atoms with E-state index in [0.29, 0.717) is 0 Å². The molecule has 0 bridgehead atoms. The van der Waals surface area contributed by atoms with E-state index >= 15 is 0 Å². The van der Waals surface area contributed by atoms with E-state index in [1.54, 1.807) is 50.3 Å². The molecule has 0 aromatic carbocycles. The van der Waals surface area contributed by atoms with Crippen LogP contribution in [0.3, 0.4) is 0 Å². The summed E-state index contributed by atoms with van der Waals surface area (Å²) in [6.45, 7) is 9.43. The third kappa shape index (κ3) is 26.4. The van der Waals surface area contributed by atoms with E-state index in [1.165, 1.54) is 154 Å². The van der Waals surface area contributed by atoms with Gasteiger partial charge in [0.05, 0.1) is 0 Å². The van der Waals surface area contributed by atoms with E-state index in [4.69, 9.17) is 0 Å². The summed E-state index contributed by atoms with van der Waals surface area (Å²) in [7, 11) is -1.05. The Morgan fingerprint density at radius 1 is 0.216 bits per heavy atom. The van der Waals surface area contributed by atoms with Gasteiger partial charge < -0.3 is 0 Å². The fourth-order valence-electron chi connectivity index (χ4n) is 6.58. The molecule has 0 spiro atoms. The topological polar surface area (TPSA) is 0 Å². The van der Waals surface area contributed by atoms with Gasteiger partial charge in [0.25, 0.3) is 0 Å². The van der Waals surface area contributed by atoms with Crippen LogP contribution in [0.15, 0.2) is 0 Å². The molecule has 0 aliphatic heterocycles. The average Bonchev–Trinajstić information content (AvgIpc) is 2.91. The molecule has 0 aliphatic carbocycles. The molecule has 0 aromatic heterocycles. The van der Waals surface area contributed by atoms with Crippen molar-refractivity contribution in [2.45, 2.75) is 207 Å². The standard InChI is InChI=1S/C36H77P/c1-5-9-13-17-18-19-20-21-22-23-24-25-26-27-28-32-36-37(33-29-14-10-6-2,34-30-15-11-7-3)35-31-16-12-8-4/h37H,5-36H2,1-4H3. The fourth-order valence-corrected chi connectivity index (χ4v) is 12.1. The van der Waals surface area contributed by atoms with Gasteiger partial charge in [-0.1, -0.05) is 39.0 Å². The van der Waals surface area contributed by atoms with E-state index in [2.05, 4.69) is 27.7 Å². The number of unbranched alkanes of at least 4 members (excludes halogenated alkanes) is 24.